The molecule has 1 N–H and O–H groups in total. The molecule has 2 aromatic rings. The lowest BCUT2D eigenvalue weighted by molar-refractivity contribution is -0.133. The Hall–Kier alpha value is -1.70. The van der Waals surface area contributed by atoms with Crippen LogP contribution in [0.25, 0.3) is 0 Å². The van der Waals surface area contributed by atoms with Crippen LogP contribution >= 0.6 is 11.3 Å². The van der Waals surface area contributed by atoms with Crippen molar-refractivity contribution in [1.82, 2.24) is 14.8 Å². The van der Waals surface area contributed by atoms with E-state index in [9.17, 15) is 9.90 Å². The minimum absolute atomic E-state index is 0.127. The van der Waals surface area contributed by atoms with E-state index in [-0.39, 0.29) is 18.6 Å². The van der Waals surface area contributed by atoms with Crippen LogP contribution in [0.2, 0.25) is 0 Å². The molecule has 0 aliphatic carbocycles. The van der Waals surface area contributed by atoms with E-state index in [4.69, 9.17) is 4.42 Å². The van der Waals surface area contributed by atoms with Crippen LogP contribution in [0, 0.1) is 13.8 Å². The third-order valence-corrected chi connectivity index (χ3v) is 5.77. The van der Waals surface area contributed by atoms with Crippen molar-refractivity contribution in [2.75, 3.05) is 26.2 Å². The molecule has 0 bridgehead atoms. The predicted octanol–water partition coefficient (Wildman–Crippen LogP) is 1.99. The number of amides is 1. The number of aliphatic hydroxyl groups excluding tert-OH is 1. The standard InChI is InChI=1S/C18H25N3O3S/c1-13-17(25-14(2)19-13)9-18(23)21-6-5-20(16(11-21)3-7-22)10-15-4-8-24-12-15/h4,8,12,16,22H,3,5-7,9-11H2,1-2H3/t16-/m0/s1. The zero-order chi connectivity index (χ0) is 17.8. The molecular weight excluding hydrogens is 338 g/mol. The summed E-state index contributed by atoms with van der Waals surface area (Å²) >= 11 is 1.60. The number of furan rings is 1. The Kier molecular flexibility index (Phi) is 5.88. The molecule has 1 amide bonds. The van der Waals surface area contributed by atoms with Crippen molar-refractivity contribution < 1.29 is 14.3 Å². The summed E-state index contributed by atoms with van der Waals surface area (Å²) in [7, 11) is 0. The van der Waals surface area contributed by atoms with E-state index < -0.39 is 0 Å². The number of carbonyl (C=O) groups excluding carboxylic acids is 1. The number of thiazole rings is 1. The lowest BCUT2D eigenvalue weighted by Gasteiger charge is -2.41. The SMILES string of the molecule is Cc1nc(C)c(CC(=O)N2CCN(Cc3ccoc3)[C@@H](CCO)C2)s1. The molecule has 3 heterocycles. The molecule has 7 heteroatoms. The molecule has 1 aliphatic heterocycles. The highest BCUT2D eigenvalue weighted by molar-refractivity contribution is 7.11. The summed E-state index contributed by atoms with van der Waals surface area (Å²) < 4.78 is 5.14. The van der Waals surface area contributed by atoms with Crippen LogP contribution in [0.4, 0.5) is 0 Å². The summed E-state index contributed by atoms with van der Waals surface area (Å²) in [4.78, 5) is 22.4. The van der Waals surface area contributed by atoms with Crippen molar-refractivity contribution in [3.8, 4) is 0 Å². The quantitative estimate of drug-likeness (QED) is 0.850. The first-order valence-corrected chi connectivity index (χ1v) is 9.45. The molecule has 3 rings (SSSR count). The molecule has 0 unspecified atom stereocenters. The largest absolute Gasteiger partial charge is 0.472 e. The average Bonchev–Trinajstić information content (AvgIpc) is 3.19. The molecule has 0 radical (unpaired) electrons. The maximum absolute atomic E-state index is 12.7. The van der Waals surface area contributed by atoms with E-state index in [1.165, 1.54) is 0 Å². The minimum atomic E-state index is 0.127. The Morgan fingerprint density at radius 2 is 2.28 bits per heavy atom. The maximum Gasteiger partial charge on any atom is 0.227 e. The molecular formula is C18H25N3O3S. The average molecular weight is 363 g/mol. The fraction of sp³-hybridized carbons (Fsp3) is 0.556. The molecule has 25 heavy (non-hydrogen) atoms. The van der Waals surface area contributed by atoms with Gasteiger partial charge < -0.3 is 14.4 Å². The summed E-state index contributed by atoms with van der Waals surface area (Å²) in [6, 6.07) is 2.13. The fourth-order valence-corrected chi connectivity index (χ4v) is 4.28. The summed E-state index contributed by atoms with van der Waals surface area (Å²) in [5.74, 6) is 0.151. The summed E-state index contributed by atoms with van der Waals surface area (Å²) in [5, 5.41) is 10.4. The van der Waals surface area contributed by atoms with Crippen molar-refractivity contribution in [2.45, 2.75) is 39.3 Å². The lowest BCUT2D eigenvalue weighted by Crippen LogP contribution is -2.54. The van der Waals surface area contributed by atoms with Gasteiger partial charge in [-0.2, -0.15) is 0 Å². The van der Waals surface area contributed by atoms with Crippen molar-refractivity contribution in [2.24, 2.45) is 0 Å². The van der Waals surface area contributed by atoms with Crippen LogP contribution in [-0.4, -0.2) is 58.1 Å². The van der Waals surface area contributed by atoms with E-state index in [0.717, 1.165) is 40.8 Å². The molecule has 0 spiro atoms. The van der Waals surface area contributed by atoms with Gasteiger partial charge in [-0.1, -0.05) is 0 Å². The molecule has 2 aromatic heterocycles. The zero-order valence-corrected chi connectivity index (χ0v) is 15.6. The number of carbonyl (C=O) groups is 1. The number of aromatic nitrogens is 1. The highest BCUT2D eigenvalue weighted by Crippen LogP contribution is 2.21. The molecule has 1 atom stereocenters. The Bertz CT molecular complexity index is 698. The zero-order valence-electron chi connectivity index (χ0n) is 14.8. The highest BCUT2D eigenvalue weighted by atomic mass is 32.1. The monoisotopic (exact) mass is 363 g/mol. The van der Waals surface area contributed by atoms with Gasteiger partial charge in [-0.15, -0.1) is 11.3 Å². The van der Waals surface area contributed by atoms with Crippen LogP contribution < -0.4 is 0 Å². The number of aliphatic hydroxyl groups is 1. The number of nitrogens with zero attached hydrogens (tertiary/aromatic N) is 3. The number of aryl methyl sites for hydroxylation is 2. The molecule has 0 saturated carbocycles. The Morgan fingerprint density at radius 3 is 2.92 bits per heavy atom. The number of rotatable bonds is 6. The molecule has 1 fully saturated rings. The van der Waals surface area contributed by atoms with Crippen LogP contribution in [0.15, 0.2) is 23.0 Å². The van der Waals surface area contributed by atoms with Gasteiger partial charge in [-0.05, 0) is 26.3 Å². The number of hydrogen-bond donors (Lipinski definition) is 1. The second-order valence-electron chi connectivity index (χ2n) is 6.53. The summed E-state index contributed by atoms with van der Waals surface area (Å²) in [6.45, 7) is 7.03. The highest BCUT2D eigenvalue weighted by Gasteiger charge is 2.29. The van der Waals surface area contributed by atoms with Gasteiger partial charge in [0.2, 0.25) is 5.91 Å². The van der Waals surface area contributed by atoms with Gasteiger partial charge in [0.15, 0.2) is 0 Å². The third kappa shape index (κ3) is 4.48. The first-order chi connectivity index (χ1) is 12.1. The van der Waals surface area contributed by atoms with Crippen molar-refractivity contribution >= 4 is 17.2 Å². The number of piperazine rings is 1. The molecule has 136 valence electrons. The van der Waals surface area contributed by atoms with E-state index in [2.05, 4.69) is 9.88 Å². The fourth-order valence-electron chi connectivity index (χ4n) is 3.35. The van der Waals surface area contributed by atoms with Crippen LogP contribution in [-0.2, 0) is 17.8 Å². The van der Waals surface area contributed by atoms with Gasteiger partial charge in [-0.25, -0.2) is 4.98 Å². The van der Waals surface area contributed by atoms with Gasteiger partial charge in [0.25, 0.3) is 0 Å². The lowest BCUT2D eigenvalue weighted by atomic mass is 10.1. The van der Waals surface area contributed by atoms with E-state index in [1.54, 1.807) is 23.9 Å². The van der Waals surface area contributed by atoms with E-state index in [1.807, 2.05) is 24.8 Å². The van der Waals surface area contributed by atoms with Gasteiger partial charge in [-0.3, -0.25) is 9.69 Å². The smallest absolute Gasteiger partial charge is 0.227 e. The molecule has 0 aromatic carbocycles. The molecule has 6 nitrogen and oxygen atoms in total. The maximum atomic E-state index is 12.7. The van der Waals surface area contributed by atoms with Crippen molar-refractivity contribution in [3.63, 3.8) is 0 Å². The Morgan fingerprint density at radius 1 is 1.44 bits per heavy atom. The van der Waals surface area contributed by atoms with Gasteiger partial charge >= 0.3 is 0 Å². The normalized spacial score (nSPS) is 18.7. The van der Waals surface area contributed by atoms with Gasteiger partial charge in [0.1, 0.15) is 0 Å². The van der Waals surface area contributed by atoms with Crippen LogP contribution in [0.1, 0.15) is 27.6 Å². The molecule has 1 saturated heterocycles. The van der Waals surface area contributed by atoms with E-state index in [0.29, 0.717) is 19.4 Å². The second-order valence-corrected chi connectivity index (χ2v) is 7.81. The second kappa shape index (κ2) is 8.12. The third-order valence-electron chi connectivity index (χ3n) is 4.70. The minimum Gasteiger partial charge on any atom is -0.472 e. The van der Waals surface area contributed by atoms with Gasteiger partial charge in [0.05, 0.1) is 29.6 Å². The Balaban J connectivity index is 1.62. The van der Waals surface area contributed by atoms with Crippen molar-refractivity contribution in [3.05, 3.63) is 39.7 Å². The predicted molar refractivity (Wildman–Crippen MR) is 96.5 cm³/mol. The molecule has 1 aliphatic rings. The topological polar surface area (TPSA) is 69.8 Å². The Labute approximate surface area is 152 Å². The van der Waals surface area contributed by atoms with Crippen LogP contribution in [0.3, 0.4) is 0 Å². The van der Waals surface area contributed by atoms with E-state index >= 15 is 0 Å². The summed E-state index contributed by atoms with van der Waals surface area (Å²) in [6.07, 6.45) is 4.52. The van der Waals surface area contributed by atoms with Crippen LogP contribution in [0.5, 0.6) is 0 Å². The first kappa shape index (κ1) is 18.1. The van der Waals surface area contributed by atoms with Gasteiger partial charge in [0, 0.05) is 49.3 Å². The van der Waals surface area contributed by atoms with Crippen molar-refractivity contribution in [1.29, 1.82) is 0 Å². The summed E-state index contributed by atoms with van der Waals surface area (Å²) in [5.41, 5.74) is 2.08. The number of hydrogen-bond acceptors (Lipinski definition) is 6. The first-order valence-electron chi connectivity index (χ1n) is 8.63.